The van der Waals surface area contributed by atoms with Crippen molar-refractivity contribution in [3.05, 3.63) is 108 Å². The number of para-hydroxylation sites is 1. The van der Waals surface area contributed by atoms with Gasteiger partial charge in [0, 0.05) is 78.2 Å². The van der Waals surface area contributed by atoms with Crippen molar-refractivity contribution in [1.29, 1.82) is 0 Å². The second-order valence-corrected chi connectivity index (χ2v) is 16.2. The van der Waals surface area contributed by atoms with E-state index in [1.165, 1.54) is 0 Å². The Morgan fingerprint density at radius 2 is 1.51 bits per heavy atom. The van der Waals surface area contributed by atoms with Crippen LogP contribution in [0.4, 0.5) is 16.2 Å². The molecule has 8 rings (SSSR count). The maximum atomic E-state index is 14.0. The number of hydrogen-bond donors (Lipinski definition) is 1. The number of rotatable bonds is 9. The van der Waals surface area contributed by atoms with Crippen LogP contribution in [0, 0.1) is 6.92 Å². The monoisotopic (exact) mass is 798 g/mol. The Morgan fingerprint density at radius 1 is 0.814 bits per heavy atom. The molecule has 11 nitrogen and oxygen atoms in total. The lowest BCUT2D eigenvalue weighted by molar-refractivity contribution is 0.0240. The summed E-state index contributed by atoms with van der Waals surface area (Å²) in [6.07, 6.45) is 1.95. The highest BCUT2D eigenvalue weighted by Gasteiger charge is 2.29. The number of ether oxygens (including phenoxy) is 3. The molecule has 310 valence electrons. The summed E-state index contributed by atoms with van der Waals surface area (Å²) in [4.78, 5) is 33.1. The molecule has 4 heterocycles. The lowest BCUT2D eigenvalue weighted by atomic mass is 9.98. The van der Waals surface area contributed by atoms with Crippen LogP contribution in [-0.4, -0.2) is 83.3 Å². The van der Waals surface area contributed by atoms with Gasteiger partial charge in [-0.15, -0.1) is 0 Å². The number of nitrogens with zero attached hydrogens (tertiary/aromatic N) is 5. The zero-order chi connectivity index (χ0) is 40.4. The van der Waals surface area contributed by atoms with Crippen LogP contribution >= 0.6 is 0 Å². The minimum atomic E-state index is -0.511. The molecule has 0 saturated carbocycles. The SMILES string of the molecule is C.CCOC(=O)c1c(CCCOc2cccc3ccccc23)c2cccc3c2n1CCCN(c1ccc(N2CCN(C(=O)OC(C)(C)C)CC2)cc1)Cc1n[nH]c(C)c1-3. The minimum Gasteiger partial charge on any atom is -0.493 e. The summed E-state index contributed by atoms with van der Waals surface area (Å²) >= 11 is 0. The fourth-order valence-electron chi connectivity index (χ4n) is 8.54. The van der Waals surface area contributed by atoms with Crippen molar-refractivity contribution >= 4 is 45.1 Å². The van der Waals surface area contributed by atoms with E-state index in [9.17, 15) is 9.59 Å². The summed E-state index contributed by atoms with van der Waals surface area (Å²) in [5, 5.41) is 11.5. The van der Waals surface area contributed by atoms with E-state index in [4.69, 9.17) is 19.3 Å². The van der Waals surface area contributed by atoms with Gasteiger partial charge in [0.1, 0.15) is 17.0 Å². The topological polar surface area (TPSA) is 105 Å². The highest BCUT2D eigenvalue weighted by Crippen LogP contribution is 2.39. The molecule has 11 heteroatoms. The molecule has 0 atom stereocenters. The van der Waals surface area contributed by atoms with E-state index < -0.39 is 5.60 Å². The predicted molar refractivity (Wildman–Crippen MR) is 237 cm³/mol. The molecule has 2 aliphatic rings. The maximum absolute atomic E-state index is 14.0. The van der Waals surface area contributed by atoms with Gasteiger partial charge >= 0.3 is 12.1 Å². The third-order valence-corrected chi connectivity index (χ3v) is 11.2. The molecule has 0 radical (unpaired) electrons. The van der Waals surface area contributed by atoms with E-state index in [-0.39, 0.29) is 19.5 Å². The van der Waals surface area contributed by atoms with Crippen LogP contribution in [0.25, 0.3) is 32.8 Å². The molecule has 2 aromatic heterocycles. The van der Waals surface area contributed by atoms with Gasteiger partial charge < -0.3 is 33.5 Å². The number of esters is 1. The van der Waals surface area contributed by atoms with Crippen molar-refractivity contribution in [2.24, 2.45) is 0 Å². The Morgan fingerprint density at radius 3 is 2.25 bits per heavy atom. The van der Waals surface area contributed by atoms with Crippen LogP contribution in [0.3, 0.4) is 0 Å². The first kappa shape index (κ1) is 41.2. The van der Waals surface area contributed by atoms with Crippen molar-refractivity contribution < 1.29 is 23.8 Å². The molecule has 1 saturated heterocycles. The zero-order valence-electron chi connectivity index (χ0n) is 34.3. The van der Waals surface area contributed by atoms with Gasteiger partial charge in [-0.05, 0) is 95.2 Å². The number of nitrogens with one attached hydrogen (secondary N) is 1. The largest absolute Gasteiger partial charge is 0.493 e. The third kappa shape index (κ3) is 8.60. The summed E-state index contributed by atoms with van der Waals surface area (Å²) < 4.78 is 19.9. The summed E-state index contributed by atoms with van der Waals surface area (Å²) in [6.45, 7) is 15.2. The number of fused-ring (bicyclic) bond motifs is 3. The van der Waals surface area contributed by atoms with Gasteiger partial charge in [-0.1, -0.05) is 62.0 Å². The van der Waals surface area contributed by atoms with E-state index in [0.717, 1.165) is 99.4 Å². The number of H-pyrrole nitrogens is 1. The number of amides is 1. The minimum absolute atomic E-state index is 0. The highest BCUT2D eigenvalue weighted by molar-refractivity contribution is 6.05. The quantitative estimate of drug-likeness (QED) is 0.114. The first-order valence-electron chi connectivity index (χ1n) is 20.6. The lowest BCUT2D eigenvalue weighted by Crippen LogP contribution is -2.50. The number of benzene rings is 4. The van der Waals surface area contributed by atoms with E-state index in [1.54, 1.807) is 4.90 Å². The summed E-state index contributed by atoms with van der Waals surface area (Å²) in [5.74, 6) is 0.572. The number of carbonyl (C=O) groups is 2. The number of anilines is 2. The first-order chi connectivity index (χ1) is 28.1. The summed E-state index contributed by atoms with van der Waals surface area (Å²) in [7, 11) is 0. The average molecular weight is 799 g/mol. The van der Waals surface area contributed by atoms with Gasteiger partial charge in [0.15, 0.2) is 0 Å². The molecule has 0 aliphatic carbocycles. The van der Waals surface area contributed by atoms with Gasteiger partial charge in [-0.25, -0.2) is 9.59 Å². The van der Waals surface area contributed by atoms with E-state index >= 15 is 0 Å². The van der Waals surface area contributed by atoms with Crippen LogP contribution in [0.1, 0.15) is 75.4 Å². The van der Waals surface area contributed by atoms with Crippen LogP contribution in [0.15, 0.2) is 84.9 Å². The number of aromatic amines is 1. The molecule has 1 N–H and O–H groups in total. The van der Waals surface area contributed by atoms with Crippen molar-refractivity contribution in [2.45, 2.75) is 80.0 Å². The second-order valence-electron chi connectivity index (χ2n) is 16.2. The van der Waals surface area contributed by atoms with Crippen molar-refractivity contribution in [3.8, 4) is 16.9 Å². The second kappa shape index (κ2) is 17.5. The maximum Gasteiger partial charge on any atom is 0.410 e. The van der Waals surface area contributed by atoms with Crippen molar-refractivity contribution in [1.82, 2.24) is 19.7 Å². The fraction of sp³-hybridized carbons (Fsp3) is 0.396. The molecule has 6 aromatic rings. The molecular weight excluding hydrogens is 741 g/mol. The number of aryl methyl sites for hydroxylation is 3. The van der Waals surface area contributed by atoms with E-state index in [2.05, 4.69) is 87.1 Å². The number of aromatic nitrogens is 3. The molecule has 4 aromatic carbocycles. The Labute approximate surface area is 347 Å². The molecule has 0 unspecified atom stereocenters. The Bertz CT molecular complexity index is 2410. The van der Waals surface area contributed by atoms with Crippen LogP contribution < -0.4 is 14.5 Å². The standard InChI is InChI=1S/C47H54N6O5.CH4/c1-6-56-45(54)44-38(18-11-30-57-41-19-9-14-33-13-7-8-15-36(33)41)37-16-10-17-39-42-32(2)48-49-40(42)31-52(24-12-25-53(44)43(37)39)35-22-20-34(21-23-35)50-26-28-51(29-27-50)46(55)58-47(3,4)5;/h7-10,13-17,19-23H,6,11-12,18,24-31H2,1-5H3,(H,48,49);1H4. The average Bonchev–Trinajstić information content (AvgIpc) is 3.75. The van der Waals surface area contributed by atoms with Crippen LogP contribution in [-0.2, 0) is 29.0 Å². The van der Waals surface area contributed by atoms with E-state index in [0.29, 0.717) is 51.5 Å². The zero-order valence-corrected chi connectivity index (χ0v) is 34.3. The van der Waals surface area contributed by atoms with Gasteiger partial charge in [-0.3, -0.25) is 5.10 Å². The van der Waals surface area contributed by atoms with Crippen molar-refractivity contribution in [2.75, 3.05) is 55.7 Å². The van der Waals surface area contributed by atoms with Crippen LogP contribution in [0.2, 0.25) is 0 Å². The summed E-state index contributed by atoms with van der Waals surface area (Å²) in [5.41, 5.74) is 8.47. The first-order valence-corrected chi connectivity index (χ1v) is 20.6. The Balaban J connectivity index is 0.00000528. The lowest BCUT2D eigenvalue weighted by Gasteiger charge is -2.37. The smallest absolute Gasteiger partial charge is 0.410 e. The highest BCUT2D eigenvalue weighted by atomic mass is 16.6. The van der Waals surface area contributed by atoms with Gasteiger partial charge in [-0.2, -0.15) is 5.10 Å². The fourth-order valence-corrected chi connectivity index (χ4v) is 8.54. The van der Waals surface area contributed by atoms with Gasteiger partial charge in [0.05, 0.1) is 31.0 Å². The molecule has 59 heavy (non-hydrogen) atoms. The van der Waals surface area contributed by atoms with E-state index in [1.807, 2.05) is 52.0 Å². The predicted octanol–water partition coefficient (Wildman–Crippen LogP) is 9.78. The third-order valence-electron chi connectivity index (χ3n) is 11.2. The van der Waals surface area contributed by atoms with Gasteiger partial charge in [0.25, 0.3) is 0 Å². The Hall–Kier alpha value is -5.97. The molecule has 2 aliphatic heterocycles. The van der Waals surface area contributed by atoms with Crippen molar-refractivity contribution in [3.63, 3.8) is 0 Å². The molecule has 1 fully saturated rings. The number of hydrogen-bond acceptors (Lipinski definition) is 8. The number of carbonyl (C=O) groups excluding carboxylic acids is 2. The summed E-state index contributed by atoms with van der Waals surface area (Å²) in [6, 6.07) is 29.5. The number of piperazine rings is 1. The van der Waals surface area contributed by atoms with Crippen LogP contribution in [0.5, 0.6) is 5.75 Å². The van der Waals surface area contributed by atoms with Gasteiger partial charge in [0.2, 0.25) is 0 Å². The molecular formula is C48H58N6O5. The molecule has 0 spiro atoms. The molecule has 0 bridgehead atoms. The molecule has 1 amide bonds. The normalized spacial score (nSPS) is 14.5. The Kier molecular flexibility index (Phi) is 12.2.